The Balaban J connectivity index is 2.84. The lowest BCUT2D eigenvalue weighted by Crippen LogP contribution is -2.31. The SMILES string of the molecule is COC([O-])=c1nc(C)sc1=C1C=CC=C1. The quantitative estimate of drug-likeness (QED) is 0.658. The van der Waals surface area contributed by atoms with E-state index in [9.17, 15) is 5.11 Å². The largest absolute Gasteiger partial charge is 0.615 e. The molecule has 1 aromatic rings. The summed E-state index contributed by atoms with van der Waals surface area (Å²) in [6.45, 7) is 1.88. The average Bonchev–Trinajstić information content (AvgIpc) is 2.84. The fraction of sp³-hybridized carbons (Fsp3) is 0.182. The number of methoxy groups -OCH3 is 1. The van der Waals surface area contributed by atoms with Crippen LogP contribution in [0.4, 0.5) is 0 Å². The van der Waals surface area contributed by atoms with Gasteiger partial charge in [-0.3, -0.25) is 0 Å². The van der Waals surface area contributed by atoms with Gasteiger partial charge in [-0.05, 0) is 19.6 Å². The number of rotatable bonds is 1. The van der Waals surface area contributed by atoms with Gasteiger partial charge in [0.05, 0.1) is 15.5 Å². The van der Waals surface area contributed by atoms with Crippen molar-refractivity contribution in [3.05, 3.63) is 39.2 Å². The maximum atomic E-state index is 11.5. The third-order valence-corrected chi connectivity index (χ3v) is 3.06. The van der Waals surface area contributed by atoms with Crippen LogP contribution in [0.1, 0.15) is 5.01 Å². The molecule has 0 aromatic carbocycles. The van der Waals surface area contributed by atoms with Crippen molar-refractivity contribution in [1.82, 2.24) is 4.98 Å². The van der Waals surface area contributed by atoms with Gasteiger partial charge in [0, 0.05) is 0 Å². The molecule has 1 aliphatic rings. The summed E-state index contributed by atoms with van der Waals surface area (Å²) >= 11 is 1.50. The van der Waals surface area contributed by atoms with Crippen LogP contribution in [0.2, 0.25) is 0 Å². The molecule has 0 aliphatic heterocycles. The van der Waals surface area contributed by atoms with E-state index in [-0.39, 0.29) is 5.95 Å². The fourth-order valence-electron chi connectivity index (χ4n) is 1.38. The monoisotopic (exact) mass is 220 g/mol. The third kappa shape index (κ3) is 1.80. The van der Waals surface area contributed by atoms with Crippen LogP contribution in [0.25, 0.3) is 11.5 Å². The standard InChI is InChI=1S/C11H11NO2S/c1-7-12-9(11(13)14-2)10(15-7)8-5-3-4-6-8/h3-6,13H,1-2H3/p-1. The number of allylic oxidation sites excluding steroid dienone is 4. The minimum absolute atomic E-state index is 0.379. The Morgan fingerprint density at radius 3 is 2.67 bits per heavy atom. The Labute approximate surface area is 91.4 Å². The van der Waals surface area contributed by atoms with Gasteiger partial charge in [0.15, 0.2) is 0 Å². The maximum absolute atomic E-state index is 11.5. The van der Waals surface area contributed by atoms with Crippen LogP contribution in [0, 0.1) is 6.92 Å². The highest BCUT2D eigenvalue weighted by Crippen LogP contribution is 2.07. The van der Waals surface area contributed by atoms with Gasteiger partial charge in [0.1, 0.15) is 5.35 Å². The molecule has 0 spiro atoms. The molecule has 0 N–H and O–H groups in total. The van der Waals surface area contributed by atoms with Crippen LogP contribution in [-0.2, 0) is 4.74 Å². The Hall–Kier alpha value is -1.55. The van der Waals surface area contributed by atoms with Crippen LogP contribution in [0.3, 0.4) is 0 Å². The first-order valence-electron chi connectivity index (χ1n) is 4.50. The highest BCUT2D eigenvalue weighted by atomic mass is 32.1. The number of aromatic nitrogens is 1. The van der Waals surface area contributed by atoms with Gasteiger partial charge in [-0.25, -0.2) is 4.98 Å². The smallest absolute Gasteiger partial charge is 0.104 e. The Morgan fingerprint density at radius 2 is 2.07 bits per heavy atom. The van der Waals surface area contributed by atoms with Crippen molar-refractivity contribution in [3.8, 4) is 0 Å². The molecular formula is C11H10NO2S-. The predicted octanol–water partition coefficient (Wildman–Crippen LogP) is -0.199. The molecule has 0 atom stereocenters. The van der Waals surface area contributed by atoms with Crippen molar-refractivity contribution in [2.24, 2.45) is 0 Å². The van der Waals surface area contributed by atoms with Crippen LogP contribution in [-0.4, -0.2) is 12.1 Å². The molecule has 1 heterocycles. The molecule has 0 unspecified atom stereocenters. The molecule has 0 saturated carbocycles. The molecule has 0 amide bonds. The van der Waals surface area contributed by atoms with E-state index in [0.717, 1.165) is 15.1 Å². The summed E-state index contributed by atoms with van der Waals surface area (Å²) in [5.41, 5.74) is 1.01. The topological polar surface area (TPSA) is 45.2 Å². The van der Waals surface area contributed by atoms with Crippen LogP contribution < -0.4 is 15.0 Å². The zero-order chi connectivity index (χ0) is 10.8. The van der Waals surface area contributed by atoms with Crippen molar-refractivity contribution < 1.29 is 9.84 Å². The summed E-state index contributed by atoms with van der Waals surface area (Å²) in [4.78, 5) is 4.18. The lowest BCUT2D eigenvalue weighted by atomic mass is 10.3. The van der Waals surface area contributed by atoms with Crippen molar-refractivity contribution in [2.75, 3.05) is 7.11 Å². The van der Waals surface area contributed by atoms with Gasteiger partial charge >= 0.3 is 0 Å². The van der Waals surface area contributed by atoms with Gasteiger partial charge in [0.2, 0.25) is 0 Å². The highest BCUT2D eigenvalue weighted by Gasteiger charge is 2.02. The van der Waals surface area contributed by atoms with Crippen molar-refractivity contribution >= 4 is 22.9 Å². The summed E-state index contributed by atoms with van der Waals surface area (Å²) in [5.74, 6) is -0.379. The minimum atomic E-state index is -0.379. The molecule has 0 saturated heterocycles. The maximum Gasteiger partial charge on any atom is 0.104 e. The molecule has 2 rings (SSSR count). The molecule has 3 nitrogen and oxygen atoms in total. The summed E-state index contributed by atoms with van der Waals surface area (Å²) in [6.07, 6.45) is 7.79. The fourth-order valence-corrected chi connectivity index (χ4v) is 2.30. The van der Waals surface area contributed by atoms with Crippen LogP contribution in [0.15, 0.2) is 24.3 Å². The van der Waals surface area contributed by atoms with E-state index < -0.39 is 0 Å². The second-order valence-corrected chi connectivity index (χ2v) is 4.28. The minimum Gasteiger partial charge on any atom is -0.615 e. The lowest BCUT2D eigenvalue weighted by Gasteiger charge is -2.05. The molecule has 0 radical (unpaired) electrons. The lowest BCUT2D eigenvalue weighted by molar-refractivity contribution is -0.288. The van der Waals surface area contributed by atoms with E-state index in [2.05, 4.69) is 4.98 Å². The molecule has 0 fully saturated rings. The van der Waals surface area contributed by atoms with Crippen LogP contribution in [0.5, 0.6) is 0 Å². The summed E-state index contributed by atoms with van der Waals surface area (Å²) < 4.78 is 5.57. The van der Waals surface area contributed by atoms with Crippen molar-refractivity contribution in [3.63, 3.8) is 0 Å². The van der Waals surface area contributed by atoms with Gasteiger partial charge < -0.3 is 9.84 Å². The highest BCUT2D eigenvalue weighted by molar-refractivity contribution is 7.09. The molecule has 15 heavy (non-hydrogen) atoms. The first-order chi connectivity index (χ1) is 7.22. The Kier molecular flexibility index (Phi) is 2.60. The molecule has 1 aromatic heterocycles. The zero-order valence-corrected chi connectivity index (χ0v) is 9.30. The van der Waals surface area contributed by atoms with E-state index in [0.29, 0.717) is 5.35 Å². The number of nitrogens with zero attached hydrogens (tertiary/aromatic N) is 1. The van der Waals surface area contributed by atoms with E-state index in [1.54, 1.807) is 0 Å². The van der Waals surface area contributed by atoms with E-state index in [1.165, 1.54) is 18.4 Å². The van der Waals surface area contributed by atoms with E-state index >= 15 is 0 Å². The Morgan fingerprint density at radius 1 is 1.40 bits per heavy atom. The van der Waals surface area contributed by atoms with Crippen molar-refractivity contribution in [1.29, 1.82) is 0 Å². The van der Waals surface area contributed by atoms with E-state index in [1.807, 2.05) is 31.2 Å². The third-order valence-electron chi connectivity index (χ3n) is 2.04. The normalized spacial score (nSPS) is 16.0. The molecule has 4 heteroatoms. The summed E-state index contributed by atoms with van der Waals surface area (Å²) in [7, 11) is 1.37. The number of aryl methyl sites for hydroxylation is 1. The second kappa shape index (κ2) is 3.90. The Bertz CT molecular complexity index is 538. The van der Waals surface area contributed by atoms with Crippen molar-refractivity contribution in [2.45, 2.75) is 6.92 Å². The molecular weight excluding hydrogens is 210 g/mol. The van der Waals surface area contributed by atoms with Gasteiger partial charge in [0.25, 0.3) is 0 Å². The van der Waals surface area contributed by atoms with Gasteiger partial charge in [-0.1, -0.05) is 24.3 Å². The summed E-state index contributed by atoms with van der Waals surface area (Å²) in [5, 5.41) is 12.7. The molecule has 0 bridgehead atoms. The van der Waals surface area contributed by atoms with Gasteiger partial charge in [-0.2, -0.15) is 0 Å². The van der Waals surface area contributed by atoms with Crippen LogP contribution >= 0.6 is 11.3 Å². The first-order valence-corrected chi connectivity index (χ1v) is 5.32. The number of ether oxygens (including phenoxy) is 1. The summed E-state index contributed by atoms with van der Waals surface area (Å²) in [6, 6.07) is 0. The zero-order valence-electron chi connectivity index (χ0n) is 8.48. The number of hydrogen-bond donors (Lipinski definition) is 0. The second-order valence-electron chi connectivity index (χ2n) is 3.08. The van der Waals surface area contributed by atoms with E-state index in [4.69, 9.17) is 4.74 Å². The average molecular weight is 220 g/mol. The molecule has 1 aliphatic carbocycles. The number of hydrogen-bond acceptors (Lipinski definition) is 4. The molecule has 78 valence electrons. The number of thiazole rings is 1. The first kappa shape index (κ1) is 9.98. The van der Waals surface area contributed by atoms with Gasteiger partial charge in [-0.15, -0.1) is 11.3 Å². The predicted molar refractivity (Wildman–Crippen MR) is 58.2 cm³/mol.